The summed E-state index contributed by atoms with van der Waals surface area (Å²) in [7, 11) is 0. The summed E-state index contributed by atoms with van der Waals surface area (Å²) in [4.78, 5) is 29.7. The van der Waals surface area contributed by atoms with E-state index in [1.165, 1.54) is 0 Å². The van der Waals surface area contributed by atoms with Crippen LogP contribution in [0.15, 0.2) is 35.7 Å². The molecular formula is C26H34N2O3S. The third kappa shape index (κ3) is 4.29. The Kier molecular flexibility index (Phi) is 6.35. The van der Waals surface area contributed by atoms with E-state index in [9.17, 15) is 9.59 Å². The van der Waals surface area contributed by atoms with Crippen LogP contribution in [0.5, 0.6) is 5.75 Å². The minimum absolute atomic E-state index is 0.0547. The van der Waals surface area contributed by atoms with Crippen molar-refractivity contribution < 1.29 is 14.3 Å². The lowest BCUT2D eigenvalue weighted by Gasteiger charge is -2.29. The molecule has 2 aromatic rings. The first kappa shape index (κ1) is 22.8. The van der Waals surface area contributed by atoms with E-state index in [1.54, 1.807) is 11.3 Å². The number of nitrogens with one attached hydrogen (secondary N) is 1. The highest BCUT2D eigenvalue weighted by molar-refractivity contribution is 7.10. The number of carbonyl (C=O) groups excluding carboxylic acids is 2. The maximum atomic E-state index is 13.5. The van der Waals surface area contributed by atoms with E-state index in [0.717, 1.165) is 42.7 Å². The highest BCUT2D eigenvalue weighted by atomic mass is 32.1. The average molecular weight is 455 g/mol. The summed E-state index contributed by atoms with van der Waals surface area (Å²) in [6.45, 7) is 9.15. The van der Waals surface area contributed by atoms with Gasteiger partial charge in [0.2, 0.25) is 11.8 Å². The monoisotopic (exact) mass is 454 g/mol. The normalized spacial score (nSPS) is 19.4. The van der Waals surface area contributed by atoms with Crippen molar-refractivity contribution in [1.29, 1.82) is 0 Å². The summed E-state index contributed by atoms with van der Waals surface area (Å²) in [6, 6.07) is 9.79. The summed E-state index contributed by atoms with van der Waals surface area (Å²) >= 11 is 1.66. The van der Waals surface area contributed by atoms with E-state index in [-0.39, 0.29) is 11.8 Å². The molecule has 0 spiro atoms. The zero-order valence-electron chi connectivity index (χ0n) is 19.6. The van der Waals surface area contributed by atoms with Gasteiger partial charge < -0.3 is 15.0 Å². The van der Waals surface area contributed by atoms with Crippen LogP contribution in [0, 0.1) is 11.3 Å². The molecule has 1 N–H and O–H groups in total. The molecule has 0 bridgehead atoms. The standard InChI is InChI=1S/C26H34N2O3S/c1-18(2)11-14-28-20-10-9-19(16-21(20)31-17-25(3,4)24(28)30)27-23(29)26(12-5-6-13-26)22-8-7-15-32-22/h7-10,15-16,18H,5-6,11-14,17H2,1-4H3,(H,27,29). The summed E-state index contributed by atoms with van der Waals surface area (Å²) in [6.07, 6.45) is 4.82. The first-order chi connectivity index (χ1) is 15.2. The SMILES string of the molecule is CC(C)CCN1C(=O)C(C)(C)COc2cc(NC(=O)C3(c4cccs4)CCCC3)ccc21. The van der Waals surface area contributed by atoms with Gasteiger partial charge in [0, 0.05) is 23.2 Å². The van der Waals surface area contributed by atoms with E-state index in [4.69, 9.17) is 4.74 Å². The van der Waals surface area contributed by atoms with Crippen molar-refractivity contribution in [2.45, 2.75) is 65.2 Å². The first-order valence-electron chi connectivity index (χ1n) is 11.7. The van der Waals surface area contributed by atoms with Crippen molar-refractivity contribution in [3.63, 3.8) is 0 Å². The number of amides is 2. The fourth-order valence-corrected chi connectivity index (χ4v) is 5.68. The van der Waals surface area contributed by atoms with Gasteiger partial charge in [0.1, 0.15) is 12.4 Å². The van der Waals surface area contributed by atoms with Gasteiger partial charge in [-0.25, -0.2) is 0 Å². The molecular weight excluding hydrogens is 420 g/mol. The Hall–Kier alpha value is -2.34. The molecule has 1 fully saturated rings. The number of rotatable bonds is 6. The number of nitrogens with zero attached hydrogens (tertiary/aromatic N) is 1. The predicted molar refractivity (Wildman–Crippen MR) is 131 cm³/mol. The van der Waals surface area contributed by atoms with Crippen LogP contribution in [-0.2, 0) is 15.0 Å². The van der Waals surface area contributed by atoms with Crippen LogP contribution in [0.2, 0.25) is 0 Å². The molecule has 1 aromatic carbocycles. The molecule has 1 aliphatic carbocycles. The van der Waals surface area contributed by atoms with E-state index in [2.05, 4.69) is 25.2 Å². The van der Waals surface area contributed by atoms with Crippen molar-refractivity contribution in [2.75, 3.05) is 23.4 Å². The topological polar surface area (TPSA) is 58.6 Å². The van der Waals surface area contributed by atoms with Gasteiger partial charge in [0.15, 0.2) is 0 Å². The highest BCUT2D eigenvalue weighted by Gasteiger charge is 2.44. The molecule has 5 nitrogen and oxygen atoms in total. The van der Waals surface area contributed by atoms with Gasteiger partial charge in [-0.15, -0.1) is 11.3 Å². The second-order valence-electron chi connectivity index (χ2n) is 10.2. The number of benzene rings is 1. The number of ether oxygens (including phenoxy) is 1. The molecule has 1 aliphatic heterocycles. The van der Waals surface area contributed by atoms with Crippen LogP contribution in [0.25, 0.3) is 0 Å². The fraction of sp³-hybridized carbons (Fsp3) is 0.538. The maximum Gasteiger partial charge on any atom is 0.236 e. The number of hydrogen-bond donors (Lipinski definition) is 1. The second kappa shape index (κ2) is 8.89. The van der Waals surface area contributed by atoms with E-state index in [0.29, 0.717) is 30.5 Å². The van der Waals surface area contributed by atoms with Crippen molar-refractivity contribution in [3.8, 4) is 5.75 Å². The van der Waals surface area contributed by atoms with E-state index in [1.807, 2.05) is 48.4 Å². The van der Waals surface area contributed by atoms with Crippen molar-refractivity contribution >= 4 is 34.5 Å². The van der Waals surface area contributed by atoms with Gasteiger partial charge in [-0.3, -0.25) is 9.59 Å². The molecule has 0 unspecified atom stereocenters. The van der Waals surface area contributed by atoms with Gasteiger partial charge >= 0.3 is 0 Å². The van der Waals surface area contributed by atoms with Crippen molar-refractivity contribution in [2.24, 2.45) is 11.3 Å². The first-order valence-corrected chi connectivity index (χ1v) is 12.6. The molecule has 4 rings (SSSR count). The molecule has 0 saturated heterocycles. The van der Waals surface area contributed by atoms with E-state index < -0.39 is 10.8 Å². The quantitative estimate of drug-likeness (QED) is 0.583. The lowest BCUT2D eigenvalue weighted by Crippen LogP contribution is -2.42. The maximum absolute atomic E-state index is 13.5. The van der Waals surface area contributed by atoms with Crippen LogP contribution >= 0.6 is 11.3 Å². The minimum Gasteiger partial charge on any atom is -0.490 e. The Labute approximate surface area is 195 Å². The van der Waals surface area contributed by atoms with Crippen LogP contribution < -0.4 is 15.0 Å². The number of fused-ring (bicyclic) bond motifs is 1. The lowest BCUT2D eigenvalue weighted by atomic mass is 9.83. The molecule has 2 heterocycles. The Morgan fingerprint density at radius 2 is 1.97 bits per heavy atom. The van der Waals surface area contributed by atoms with Gasteiger partial charge in [-0.1, -0.05) is 32.8 Å². The Morgan fingerprint density at radius 1 is 1.22 bits per heavy atom. The second-order valence-corrected chi connectivity index (χ2v) is 11.2. The Bertz CT molecular complexity index is 975. The van der Waals surface area contributed by atoms with Crippen LogP contribution in [0.1, 0.15) is 64.7 Å². The smallest absolute Gasteiger partial charge is 0.236 e. The number of carbonyl (C=O) groups is 2. The molecule has 1 saturated carbocycles. The Balaban J connectivity index is 1.61. The number of hydrogen-bond acceptors (Lipinski definition) is 4. The predicted octanol–water partition coefficient (Wildman–Crippen LogP) is 6.00. The fourth-order valence-electron chi connectivity index (χ4n) is 4.70. The number of thiophene rings is 1. The summed E-state index contributed by atoms with van der Waals surface area (Å²) in [5, 5.41) is 5.21. The highest BCUT2D eigenvalue weighted by Crippen LogP contribution is 2.44. The summed E-state index contributed by atoms with van der Waals surface area (Å²) in [5.41, 5.74) is 0.454. The summed E-state index contributed by atoms with van der Waals surface area (Å²) < 4.78 is 6.10. The van der Waals surface area contributed by atoms with Gasteiger partial charge in [0.05, 0.1) is 16.5 Å². The Morgan fingerprint density at radius 3 is 2.62 bits per heavy atom. The van der Waals surface area contributed by atoms with E-state index >= 15 is 0 Å². The number of anilines is 2. The van der Waals surface area contributed by atoms with Crippen LogP contribution in [-0.4, -0.2) is 25.0 Å². The van der Waals surface area contributed by atoms with Crippen molar-refractivity contribution in [3.05, 3.63) is 40.6 Å². The average Bonchev–Trinajstić information content (AvgIpc) is 3.44. The molecule has 1 aromatic heterocycles. The summed E-state index contributed by atoms with van der Waals surface area (Å²) in [5.74, 6) is 1.29. The molecule has 172 valence electrons. The van der Waals surface area contributed by atoms with Gasteiger partial charge in [-0.2, -0.15) is 0 Å². The zero-order valence-corrected chi connectivity index (χ0v) is 20.4. The lowest BCUT2D eigenvalue weighted by molar-refractivity contribution is -0.127. The zero-order chi connectivity index (χ0) is 22.9. The molecule has 6 heteroatoms. The van der Waals surface area contributed by atoms with Crippen LogP contribution in [0.4, 0.5) is 11.4 Å². The van der Waals surface area contributed by atoms with Crippen LogP contribution in [0.3, 0.4) is 0 Å². The molecule has 0 atom stereocenters. The molecule has 2 aliphatic rings. The third-order valence-electron chi connectivity index (χ3n) is 6.74. The largest absolute Gasteiger partial charge is 0.490 e. The minimum atomic E-state index is -0.605. The third-order valence-corrected chi connectivity index (χ3v) is 7.81. The molecule has 2 amide bonds. The van der Waals surface area contributed by atoms with Gasteiger partial charge in [-0.05, 0) is 62.6 Å². The van der Waals surface area contributed by atoms with Crippen molar-refractivity contribution in [1.82, 2.24) is 0 Å². The molecule has 32 heavy (non-hydrogen) atoms. The van der Waals surface area contributed by atoms with Gasteiger partial charge in [0.25, 0.3) is 0 Å². The molecule has 0 radical (unpaired) electrons.